The van der Waals surface area contributed by atoms with Gasteiger partial charge in [0.05, 0.1) is 6.10 Å². The molecular formula is C16H15NO2. The maximum atomic E-state index is 11.1. The number of aliphatic hydroxyl groups excluding tert-OH is 1. The monoisotopic (exact) mass is 253 g/mol. The van der Waals surface area contributed by atoms with E-state index in [0.29, 0.717) is 12.0 Å². The molecule has 0 unspecified atom stereocenters. The van der Waals surface area contributed by atoms with Gasteiger partial charge in [0.2, 0.25) is 5.91 Å². The van der Waals surface area contributed by atoms with Gasteiger partial charge < -0.3 is 10.8 Å². The molecule has 0 aromatic heterocycles. The lowest BCUT2D eigenvalue weighted by Gasteiger charge is -2.16. The minimum absolute atomic E-state index is 0.0156. The Morgan fingerprint density at radius 2 is 1.79 bits per heavy atom. The van der Waals surface area contributed by atoms with Crippen molar-refractivity contribution in [2.45, 2.75) is 18.4 Å². The van der Waals surface area contributed by atoms with Gasteiger partial charge in [-0.15, -0.1) is 0 Å². The van der Waals surface area contributed by atoms with Gasteiger partial charge in [0.15, 0.2) is 0 Å². The Morgan fingerprint density at radius 3 is 2.47 bits per heavy atom. The van der Waals surface area contributed by atoms with Crippen molar-refractivity contribution < 1.29 is 9.90 Å². The van der Waals surface area contributed by atoms with Crippen molar-refractivity contribution in [2.75, 3.05) is 0 Å². The minimum Gasteiger partial charge on any atom is -0.392 e. The van der Waals surface area contributed by atoms with Crippen LogP contribution in [0.1, 0.15) is 33.0 Å². The van der Waals surface area contributed by atoms with Gasteiger partial charge in [-0.25, -0.2) is 0 Å². The maximum Gasteiger partial charge on any atom is 0.248 e. The predicted molar refractivity (Wildman–Crippen MR) is 73.0 cm³/mol. The fraction of sp³-hybridized carbons (Fsp3) is 0.188. The molecule has 1 aliphatic rings. The van der Waals surface area contributed by atoms with Crippen molar-refractivity contribution in [2.24, 2.45) is 5.73 Å². The summed E-state index contributed by atoms with van der Waals surface area (Å²) in [6.45, 7) is 0. The van der Waals surface area contributed by atoms with Crippen LogP contribution in [0.4, 0.5) is 0 Å². The van der Waals surface area contributed by atoms with E-state index in [0.717, 1.165) is 5.56 Å². The molecule has 3 rings (SSSR count). The highest BCUT2D eigenvalue weighted by molar-refractivity contribution is 5.92. The highest BCUT2D eigenvalue weighted by atomic mass is 16.3. The number of fused-ring (bicyclic) bond motifs is 1. The molecule has 19 heavy (non-hydrogen) atoms. The summed E-state index contributed by atoms with van der Waals surface area (Å²) in [4.78, 5) is 11.1. The van der Waals surface area contributed by atoms with Crippen molar-refractivity contribution in [1.29, 1.82) is 0 Å². The molecule has 0 bridgehead atoms. The lowest BCUT2D eigenvalue weighted by Crippen LogP contribution is -2.15. The second-order valence-corrected chi connectivity index (χ2v) is 4.93. The second kappa shape index (κ2) is 4.52. The van der Waals surface area contributed by atoms with Crippen LogP contribution in [0.15, 0.2) is 48.5 Å². The first kappa shape index (κ1) is 11.9. The lowest BCUT2D eigenvalue weighted by molar-refractivity contribution is 0.100. The van der Waals surface area contributed by atoms with Crippen molar-refractivity contribution in [3.05, 3.63) is 70.8 Å². The molecule has 0 saturated heterocycles. The summed E-state index contributed by atoms with van der Waals surface area (Å²) in [5.41, 5.74) is 9.10. The molecule has 96 valence electrons. The van der Waals surface area contributed by atoms with Gasteiger partial charge in [0.1, 0.15) is 0 Å². The van der Waals surface area contributed by atoms with E-state index in [4.69, 9.17) is 5.73 Å². The SMILES string of the molecule is NC(=O)c1ccc([C@H]2c3ccccc3C[C@@H]2O)cc1. The summed E-state index contributed by atoms with van der Waals surface area (Å²) in [5.74, 6) is -0.447. The molecular weight excluding hydrogens is 238 g/mol. The van der Waals surface area contributed by atoms with Crippen LogP contribution in [-0.2, 0) is 6.42 Å². The Labute approximate surface area is 111 Å². The molecule has 2 aromatic rings. The van der Waals surface area contributed by atoms with E-state index >= 15 is 0 Å². The van der Waals surface area contributed by atoms with E-state index in [2.05, 4.69) is 12.1 Å². The van der Waals surface area contributed by atoms with Crippen LogP contribution in [0.3, 0.4) is 0 Å². The lowest BCUT2D eigenvalue weighted by atomic mass is 9.91. The minimum atomic E-state index is -0.432. The summed E-state index contributed by atoms with van der Waals surface area (Å²) in [6, 6.07) is 15.3. The number of benzene rings is 2. The summed E-state index contributed by atoms with van der Waals surface area (Å²) < 4.78 is 0. The Hall–Kier alpha value is -2.13. The molecule has 2 atom stereocenters. The van der Waals surface area contributed by atoms with Gasteiger partial charge in [0.25, 0.3) is 0 Å². The van der Waals surface area contributed by atoms with Gasteiger partial charge in [0, 0.05) is 11.5 Å². The molecule has 0 spiro atoms. The Kier molecular flexibility index (Phi) is 2.84. The number of primary amides is 1. The smallest absolute Gasteiger partial charge is 0.248 e. The zero-order valence-electron chi connectivity index (χ0n) is 10.4. The average Bonchev–Trinajstić information content (AvgIpc) is 2.74. The molecule has 3 nitrogen and oxygen atoms in total. The summed E-state index contributed by atoms with van der Waals surface area (Å²) in [5, 5.41) is 10.3. The highest BCUT2D eigenvalue weighted by Gasteiger charge is 2.31. The normalized spacial score (nSPS) is 21.1. The van der Waals surface area contributed by atoms with E-state index < -0.39 is 12.0 Å². The first-order valence-electron chi connectivity index (χ1n) is 6.32. The van der Waals surface area contributed by atoms with E-state index in [9.17, 15) is 9.90 Å². The third-order valence-corrected chi connectivity index (χ3v) is 3.76. The Balaban J connectivity index is 2.00. The van der Waals surface area contributed by atoms with Crippen LogP contribution >= 0.6 is 0 Å². The predicted octanol–water partition coefficient (Wildman–Crippen LogP) is 1.83. The zero-order valence-corrected chi connectivity index (χ0v) is 10.4. The van der Waals surface area contributed by atoms with Crippen LogP contribution < -0.4 is 5.73 Å². The third-order valence-electron chi connectivity index (χ3n) is 3.76. The maximum absolute atomic E-state index is 11.1. The molecule has 0 heterocycles. The van der Waals surface area contributed by atoms with Crippen molar-refractivity contribution in [3.63, 3.8) is 0 Å². The van der Waals surface area contributed by atoms with Gasteiger partial charge in [-0.05, 0) is 35.2 Å². The largest absolute Gasteiger partial charge is 0.392 e. The van der Waals surface area contributed by atoms with Crippen molar-refractivity contribution in [1.82, 2.24) is 0 Å². The topological polar surface area (TPSA) is 63.3 Å². The van der Waals surface area contributed by atoms with Crippen LogP contribution in [0.2, 0.25) is 0 Å². The van der Waals surface area contributed by atoms with Crippen LogP contribution in [0.25, 0.3) is 0 Å². The number of carbonyl (C=O) groups is 1. The Bertz CT molecular complexity index is 619. The van der Waals surface area contributed by atoms with E-state index in [1.807, 2.05) is 24.3 Å². The fourth-order valence-electron chi connectivity index (χ4n) is 2.83. The third kappa shape index (κ3) is 2.02. The van der Waals surface area contributed by atoms with Crippen LogP contribution in [0.5, 0.6) is 0 Å². The quantitative estimate of drug-likeness (QED) is 0.857. The van der Waals surface area contributed by atoms with Crippen LogP contribution in [0, 0.1) is 0 Å². The zero-order chi connectivity index (χ0) is 13.4. The molecule has 3 N–H and O–H groups in total. The Morgan fingerprint density at radius 1 is 1.11 bits per heavy atom. The molecule has 0 fully saturated rings. The number of hydrogen-bond acceptors (Lipinski definition) is 2. The van der Waals surface area contributed by atoms with E-state index in [1.54, 1.807) is 12.1 Å². The van der Waals surface area contributed by atoms with Crippen molar-refractivity contribution in [3.8, 4) is 0 Å². The first-order chi connectivity index (χ1) is 9.16. The average molecular weight is 253 g/mol. The van der Waals surface area contributed by atoms with Gasteiger partial charge in [-0.1, -0.05) is 36.4 Å². The van der Waals surface area contributed by atoms with E-state index in [-0.39, 0.29) is 5.92 Å². The standard InChI is InChI=1S/C16H15NO2/c17-16(19)11-7-5-10(6-8-11)15-13-4-2-1-3-12(13)9-14(15)18/h1-8,14-15,18H,9H2,(H2,17,19)/t14-,15-/m0/s1. The van der Waals surface area contributed by atoms with Gasteiger partial charge >= 0.3 is 0 Å². The summed E-state index contributed by atoms with van der Waals surface area (Å²) >= 11 is 0. The molecule has 1 amide bonds. The second-order valence-electron chi connectivity index (χ2n) is 4.93. The first-order valence-corrected chi connectivity index (χ1v) is 6.32. The molecule has 3 heteroatoms. The fourth-order valence-corrected chi connectivity index (χ4v) is 2.83. The van der Waals surface area contributed by atoms with Crippen LogP contribution in [-0.4, -0.2) is 17.1 Å². The van der Waals surface area contributed by atoms with E-state index in [1.165, 1.54) is 11.1 Å². The molecule has 0 saturated carbocycles. The number of hydrogen-bond donors (Lipinski definition) is 2. The van der Waals surface area contributed by atoms with Gasteiger partial charge in [-0.3, -0.25) is 4.79 Å². The number of nitrogens with two attached hydrogens (primary N) is 1. The summed E-state index contributed by atoms with van der Waals surface area (Å²) in [7, 11) is 0. The molecule has 1 aliphatic carbocycles. The summed E-state index contributed by atoms with van der Waals surface area (Å²) in [6.07, 6.45) is 0.273. The van der Waals surface area contributed by atoms with Crippen molar-refractivity contribution >= 4 is 5.91 Å². The number of rotatable bonds is 2. The van der Waals surface area contributed by atoms with Gasteiger partial charge in [-0.2, -0.15) is 0 Å². The number of amides is 1. The highest BCUT2D eigenvalue weighted by Crippen LogP contribution is 2.38. The number of aliphatic hydroxyl groups is 1. The number of carbonyl (C=O) groups excluding carboxylic acids is 1. The molecule has 2 aromatic carbocycles. The molecule has 0 radical (unpaired) electrons. The molecule has 0 aliphatic heterocycles.